The number of methoxy groups -OCH3 is 1. The Labute approximate surface area is 114 Å². The molecule has 0 aliphatic heterocycles. The minimum atomic E-state index is 0.234. The second-order valence-corrected chi connectivity index (χ2v) is 4.71. The fourth-order valence-corrected chi connectivity index (χ4v) is 2.07. The second kappa shape index (κ2) is 6.38. The van der Waals surface area contributed by atoms with E-state index in [4.69, 9.17) is 4.74 Å². The van der Waals surface area contributed by atoms with Gasteiger partial charge in [0.25, 0.3) is 0 Å². The van der Waals surface area contributed by atoms with Crippen LogP contribution in [0.15, 0.2) is 36.7 Å². The summed E-state index contributed by atoms with van der Waals surface area (Å²) in [6.07, 6.45) is 4.85. The van der Waals surface area contributed by atoms with Gasteiger partial charge in [0.05, 0.1) is 18.8 Å². The molecule has 1 N–H and O–H groups in total. The van der Waals surface area contributed by atoms with Crippen LogP contribution >= 0.6 is 0 Å². The van der Waals surface area contributed by atoms with E-state index < -0.39 is 0 Å². The van der Waals surface area contributed by atoms with Crippen molar-refractivity contribution in [3.63, 3.8) is 0 Å². The average Bonchev–Trinajstić information content (AvgIpc) is 2.84. The first-order valence-corrected chi connectivity index (χ1v) is 6.52. The standard InChI is InChI=1S/C15H21N3O/c1-12(14-10-16-18(2)11-14)17-15-7-5-4-6-13(15)8-9-19-3/h4-7,10-12,17H,8-9H2,1-3H3. The molecule has 1 aromatic carbocycles. The van der Waals surface area contributed by atoms with E-state index in [0.29, 0.717) is 0 Å². The maximum absolute atomic E-state index is 5.15. The van der Waals surface area contributed by atoms with E-state index in [1.54, 1.807) is 7.11 Å². The van der Waals surface area contributed by atoms with Crippen molar-refractivity contribution in [1.29, 1.82) is 0 Å². The molecule has 2 rings (SSSR count). The first kappa shape index (κ1) is 13.6. The van der Waals surface area contributed by atoms with Crippen molar-refractivity contribution >= 4 is 5.69 Å². The van der Waals surface area contributed by atoms with Gasteiger partial charge >= 0.3 is 0 Å². The van der Waals surface area contributed by atoms with Crippen LogP contribution in [-0.4, -0.2) is 23.5 Å². The molecule has 0 aliphatic carbocycles. The molecule has 19 heavy (non-hydrogen) atoms. The molecule has 102 valence electrons. The summed E-state index contributed by atoms with van der Waals surface area (Å²) in [6, 6.07) is 8.59. The largest absolute Gasteiger partial charge is 0.384 e. The molecule has 1 unspecified atom stereocenters. The number of hydrogen-bond donors (Lipinski definition) is 1. The van der Waals surface area contributed by atoms with Crippen LogP contribution in [0.25, 0.3) is 0 Å². The van der Waals surface area contributed by atoms with Crippen LogP contribution in [0.1, 0.15) is 24.1 Å². The number of hydrogen-bond acceptors (Lipinski definition) is 3. The van der Waals surface area contributed by atoms with Crippen LogP contribution < -0.4 is 5.32 Å². The lowest BCUT2D eigenvalue weighted by Gasteiger charge is -2.17. The number of benzene rings is 1. The highest BCUT2D eigenvalue weighted by molar-refractivity contribution is 5.52. The second-order valence-electron chi connectivity index (χ2n) is 4.71. The number of aryl methyl sites for hydroxylation is 1. The molecular formula is C15H21N3O. The number of nitrogens with zero attached hydrogens (tertiary/aromatic N) is 2. The van der Waals surface area contributed by atoms with Gasteiger partial charge in [-0.2, -0.15) is 5.10 Å². The van der Waals surface area contributed by atoms with Gasteiger partial charge in [-0.05, 0) is 25.0 Å². The summed E-state index contributed by atoms with van der Waals surface area (Å²) in [6.45, 7) is 2.88. The van der Waals surface area contributed by atoms with E-state index in [0.717, 1.165) is 18.7 Å². The highest BCUT2D eigenvalue weighted by atomic mass is 16.5. The molecular weight excluding hydrogens is 238 g/mol. The van der Waals surface area contributed by atoms with E-state index in [1.165, 1.54) is 11.1 Å². The number of anilines is 1. The third-order valence-electron chi connectivity index (χ3n) is 3.19. The average molecular weight is 259 g/mol. The number of para-hydroxylation sites is 1. The Balaban J connectivity index is 2.09. The summed E-state index contributed by atoms with van der Waals surface area (Å²) in [4.78, 5) is 0. The smallest absolute Gasteiger partial charge is 0.0542 e. The van der Waals surface area contributed by atoms with Gasteiger partial charge in [0.15, 0.2) is 0 Å². The van der Waals surface area contributed by atoms with Crippen molar-refractivity contribution in [3.05, 3.63) is 47.8 Å². The number of nitrogens with one attached hydrogen (secondary N) is 1. The molecule has 2 aromatic rings. The van der Waals surface area contributed by atoms with Gasteiger partial charge in [0, 0.05) is 31.6 Å². The van der Waals surface area contributed by atoms with Crippen molar-refractivity contribution in [2.45, 2.75) is 19.4 Å². The molecule has 0 radical (unpaired) electrons. The lowest BCUT2D eigenvalue weighted by atomic mass is 10.1. The first-order valence-electron chi connectivity index (χ1n) is 6.52. The highest BCUT2D eigenvalue weighted by Gasteiger charge is 2.09. The van der Waals surface area contributed by atoms with E-state index in [2.05, 4.69) is 41.6 Å². The van der Waals surface area contributed by atoms with Crippen LogP contribution in [-0.2, 0) is 18.2 Å². The van der Waals surface area contributed by atoms with Gasteiger partial charge < -0.3 is 10.1 Å². The predicted octanol–water partition coefficient (Wildman–Crippen LogP) is 2.78. The van der Waals surface area contributed by atoms with Crippen molar-refractivity contribution in [2.75, 3.05) is 19.0 Å². The minimum absolute atomic E-state index is 0.234. The Kier molecular flexibility index (Phi) is 4.58. The lowest BCUT2D eigenvalue weighted by molar-refractivity contribution is 0.202. The maximum Gasteiger partial charge on any atom is 0.0542 e. The third-order valence-corrected chi connectivity index (χ3v) is 3.19. The zero-order chi connectivity index (χ0) is 13.7. The SMILES string of the molecule is COCCc1ccccc1NC(C)c1cnn(C)c1. The van der Waals surface area contributed by atoms with Crippen LogP contribution in [0.3, 0.4) is 0 Å². The molecule has 4 heteroatoms. The first-order chi connectivity index (χ1) is 9.20. The van der Waals surface area contributed by atoms with Crippen LogP contribution in [0.5, 0.6) is 0 Å². The van der Waals surface area contributed by atoms with Crippen molar-refractivity contribution < 1.29 is 4.74 Å². The molecule has 1 heterocycles. The number of aromatic nitrogens is 2. The monoisotopic (exact) mass is 259 g/mol. The van der Waals surface area contributed by atoms with E-state index in [9.17, 15) is 0 Å². The van der Waals surface area contributed by atoms with Crippen LogP contribution in [0.4, 0.5) is 5.69 Å². The molecule has 0 fully saturated rings. The Morgan fingerprint density at radius 2 is 2.16 bits per heavy atom. The zero-order valence-electron chi connectivity index (χ0n) is 11.8. The molecule has 4 nitrogen and oxygen atoms in total. The van der Waals surface area contributed by atoms with Crippen LogP contribution in [0, 0.1) is 0 Å². The minimum Gasteiger partial charge on any atom is -0.384 e. The van der Waals surface area contributed by atoms with Gasteiger partial charge in [0.2, 0.25) is 0 Å². The molecule has 0 saturated heterocycles. The Morgan fingerprint density at radius 3 is 2.84 bits per heavy atom. The summed E-state index contributed by atoms with van der Waals surface area (Å²) >= 11 is 0. The summed E-state index contributed by atoms with van der Waals surface area (Å²) in [5.41, 5.74) is 3.63. The van der Waals surface area contributed by atoms with E-state index >= 15 is 0 Å². The Morgan fingerprint density at radius 1 is 1.37 bits per heavy atom. The van der Waals surface area contributed by atoms with Crippen molar-refractivity contribution in [1.82, 2.24) is 9.78 Å². The molecule has 1 aromatic heterocycles. The number of rotatable bonds is 6. The lowest BCUT2D eigenvalue weighted by Crippen LogP contribution is -2.08. The highest BCUT2D eigenvalue weighted by Crippen LogP contribution is 2.22. The third kappa shape index (κ3) is 3.58. The summed E-state index contributed by atoms with van der Waals surface area (Å²) in [5, 5.41) is 7.75. The normalized spacial score (nSPS) is 12.4. The summed E-state index contributed by atoms with van der Waals surface area (Å²) in [7, 11) is 3.66. The van der Waals surface area contributed by atoms with Crippen molar-refractivity contribution in [3.8, 4) is 0 Å². The number of ether oxygens (including phenoxy) is 1. The maximum atomic E-state index is 5.15. The van der Waals surface area contributed by atoms with Crippen LogP contribution in [0.2, 0.25) is 0 Å². The van der Waals surface area contributed by atoms with Gasteiger partial charge in [-0.25, -0.2) is 0 Å². The van der Waals surface area contributed by atoms with Crippen molar-refractivity contribution in [2.24, 2.45) is 7.05 Å². The molecule has 0 saturated carbocycles. The summed E-state index contributed by atoms with van der Waals surface area (Å²) in [5.74, 6) is 0. The predicted molar refractivity (Wildman–Crippen MR) is 77.3 cm³/mol. The van der Waals surface area contributed by atoms with Gasteiger partial charge in [0.1, 0.15) is 0 Å². The van der Waals surface area contributed by atoms with E-state index in [1.807, 2.05) is 24.1 Å². The van der Waals surface area contributed by atoms with Gasteiger partial charge in [-0.3, -0.25) is 4.68 Å². The quantitative estimate of drug-likeness (QED) is 0.867. The van der Waals surface area contributed by atoms with Gasteiger partial charge in [-0.1, -0.05) is 18.2 Å². The Hall–Kier alpha value is -1.81. The topological polar surface area (TPSA) is 39.1 Å². The Bertz CT molecular complexity index is 522. The molecule has 0 bridgehead atoms. The molecule has 0 amide bonds. The fraction of sp³-hybridized carbons (Fsp3) is 0.400. The van der Waals surface area contributed by atoms with Gasteiger partial charge in [-0.15, -0.1) is 0 Å². The fourth-order valence-electron chi connectivity index (χ4n) is 2.07. The molecule has 1 atom stereocenters. The molecule has 0 aliphatic rings. The van der Waals surface area contributed by atoms with E-state index in [-0.39, 0.29) is 6.04 Å². The zero-order valence-corrected chi connectivity index (χ0v) is 11.8. The summed E-state index contributed by atoms with van der Waals surface area (Å²) < 4.78 is 6.98. The molecule has 0 spiro atoms.